The summed E-state index contributed by atoms with van der Waals surface area (Å²) in [6.07, 6.45) is -0.228. The maximum absolute atomic E-state index is 13.7. The predicted octanol–water partition coefficient (Wildman–Crippen LogP) is 4.38. The third-order valence-electron chi connectivity index (χ3n) is 5.81. The second-order valence-electron chi connectivity index (χ2n) is 8.59. The van der Waals surface area contributed by atoms with E-state index in [1.54, 1.807) is 44.2 Å². The average molecular weight is 537 g/mol. The van der Waals surface area contributed by atoms with Gasteiger partial charge in [-0.3, -0.25) is 9.36 Å². The number of methoxy groups -OCH3 is 2. The standard InChI is InChI=1S/C28H28N2O7S/c1-18(2)37-17-24-29-27(31)26(28(32)30(24)25-22(35-3)11-8-12-23(25)36-4)38(33,34)21-15-13-20(14-16-21)19-9-6-5-7-10-19/h5-16,18,32H,17H2,1-4H3. The van der Waals surface area contributed by atoms with Crippen LogP contribution >= 0.6 is 0 Å². The highest BCUT2D eigenvalue weighted by Gasteiger charge is 2.32. The lowest BCUT2D eigenvalue weighted by Gasteiger charge is -2.21. The highest BCUT2D eigenvalue weighted by Crippen LogP contribution is 2.38. The molecule has 0 fully saturated rings. The Kier molecular flexibility index (Phi) is 7.84. The Morgan fingerprint density at radius 1 is 0.868 bits per heavy atom. The molecule has 0 spiro atoms. The molecule has 0 amide bonds. The second-order valence-corrected chi connectivity index (χ2v) is 10.5. The SMILES string of the molecule is COc1cccc(OC)c1-n1c(COC(C)C)nc(=O)c(S(=O)(=O)c2ccc(-c3ccccc3)cc2)c1O. The number of rotatable bonds is 9. The first-order chi connectivity index (χ1) is 18.2. The number of aromatic hydroxyl groups is 1. The molecule has 38 heavy (non-hydrogen) atoms. The van der Waals surface area contributed by atoms with Crippen molar-refractivity contribution in [2.75, 3.05) is 14.2 Å². The van der Waals surface area contributed by atoms with Gasteiger partial charge in [-0.05, 0) is 49.2 Å². The Morgan fingerprint density at radius 2 is 1.45 bits per heavy atom. The molecule has 3 aromatic carbocycles. The van der Waals surface area contributed by atoms with Crippen molar-refractivity contribution in [2.45, 2.75) is 36.3 Å². The van der Waals surface area contributed by atoms with Crippen LogP contribution in [-0.2, 0) is 21.2 Å². The van der Waals surface area contributed by atoms with Crippen LogP contribution < -0.4 is 15.0 Å². The van der Waals surface area contributed by atoms with E-state index >= 15 is 0 Å². The topological polar surface area (TPSA) is 117 Å². The van der Waals surface area contributed by atoms with E-state index in [9.17, 15) is 18.3 Å². The molecule has 4 rings (SSSR count). The molecule has 1 heterocycles. The Balaban J connectivity index is 1.94. The van der Waals surface area contributed by atoms with E-state index in [0.717, 1.165) is 15.7 Å². The number of hydrogen-bond donors (Lipinski definition) is 1. The molecule has 1 N–H and O–H groups in total. The summed E-state index contributed by atoms with van der Waals surface area (Å²) in [5.74, 6) is -0.345. The van der Waals surface area contributed by atoms with Crippen LogP contribution in [0, 0.1) is 0 Å². The largest absolute Gasteiger partial charge is 0.494 e. The van der Waals surface area contributed by atoms with Crippen molar-refractivity contribution in [2.24, 2.45) is 0 Å². The highest BCUT2D eigenvalue weighted by molar-refractivity contribution is 7.91. The van der Waals surface area contributed by atoms with Gasteiger partial charge in [-0.15, -0.1) is 0 Å². The maximum Gasteiger partial charge on any atom is 0.296 e. The zero-order valence-electron chi connectivity index (χ0n) is 21.4. The van der Waals surface area contributed by atoms with Gasteiger partial charge >= 0.3 is 0 Å². The van der Waals surface area contributed by atoms with Crippen molar-refractivity contribution >= 4 is 9.84 Å². The van der Waals surface area contributed by atoms with Gasteiger partial charge < -0.3 is 19.3 Å². The summed E-state index contributed by atoms with van der Waals surface area (Å²) in [4.78, 5) is 16.1. The first kappa shape index (κ1) is 26.9. The van der Waals surface area contributed by atoms with E-state index in [1.165, 1.54) is 26.4 Å². The number of ether oxygens (including phenoxy) is 3. The first-order valence-corrected chi connectivity index (χ1v) is 13.3. The zero-order chi connectivity index (χ0) is 27.4. The van der Waals surface area contributed by atoms with E-state index in [0.29, 0.717) is 0 Å². The van der Waals surface area contributed by atoms with Crippen LogP contribution in [0.1, 0.15) is 19.7 Å². The number of benzene rings is 3. The molecule has 0 saturated heterocycles. The molecule has 0 radical (unpaired) electrons. The average Bonchev–Trinajstić information content (AvgIpc) is 2.92. The van der Waals surface area contributed by atoms with Crippen LogP contribution in [0.2, 0.25) is 0 Å². The van der Waals surface area contributed by atoms with Crippen molar-refractivity contribution in [3.05, 3.63) is 89.0 Å². The van der Waals surface area contributed by atoms with E-state index in [2.05, 4.69) is 4.98 Å². The Hall–Kier alpha value is -4.15. The fraction of sp³-hybridized carbons (Fsp3) is 0.214. The fourth-order valence-electron chi connectivity index (χ4n) is 3.97. The first-order valence-electron chi connectivity index (χ1n) is 11.8. The third-order valence-corrected chi connectivity index (χ3v) is 7.60. The van der Waals surface area contributed by atoms with Gasteiger partial charge in [0, 0.05) is 0 Å². The van der Waals surface area contributed by atoms with Gasteiger partial charge in [-0.1, -0.05) is 48.5 Å². The van der Waals surface area contributed by atoms with Gasteiger partial charge in [0.2, 0.25) is 15.7 Å². The van der Waals surface area contributed by atoms with Gasteiger partial charge in [0.1, 0.15) is 29.6 Å². The monoisotopic (exact) mass is 536 g/mol. The Labute approximate surface area is 220 Å². The molecule has 0 saturated carbocycles. The number of nitrogens with zero attached hydrogens (tertiary/aromatic N) is 2. The molecule has 9 nitrogen and oxygen atoms in total. The minimum absolute atomic E-state index is 0.0256. The van der Waals surface area contributed by atoms with Crippen LogP contribution in [0.15, 0.2) is 87.4 Å². The number of hydrogen-bond acceptors (Lipinski definition) is 8. The Morgan fingerprint density at radius 3 is 2.00 bits per heavy atom. The lowest BCUT2D eigenvalue weighted by molar-refractivity contribution is 0.0592. The molecule has 198 valence electrons. The van der Waals surface area contributed by atoms with E-state index in [4.69, 9.17) is 14.2 Å². The number of para-hydroxylation sites is 1. The van der Waals surface area contributed by atoms with Gasteiger partial charge in [0.05, 0.1) is 25.2 Å². The quantitative estimate of drug-likeness (QED) is 0.335. The molecule has 4 aromatic rings. The molecule has 0 aliphatic rings. The molecular formula is C28H28N2O7S. The van der Waals surface area contributed by atoms with E-state index < -0.39 is 26.2 Å². The van der Waals surface area contributed by atoms with Gasteiger partial charge in [-0.2, -0.15) is 4.98 Å². The summed E-state index contributed by atoms with van der Waals surface area (Å²) in [7, 11) is -1.65. The second kappa shape index (κ2) is 11.1. The van der Waals surface area contributed by atoms with E-state index in [1.807, 2.05) is 30.3 Å². The Bertz CT molecular complexity index is 1580. The third kappa shape index (κ3) is 5.13. The van der Waals surface area contributed by atoms with Gasteiger partial charge in [0.15, 0.2) is 4.90 Å². The summed E-state index contributed by atoms with van der Waals surface area (Å²) in [6, 6.07) is 20.4. The lowest BCUT2D eigenvalue weighted by atomic mass is 10.1. The van der Waals surface area contributed by atoms with Crippen LogP contribution in [0.4, 0.5) is 0 Å². The molecule has 10 heteroatoms. The highest BCUT2D eigenvalue weighted by atomic mass is 32.2. The van der Waals surface area contributed by atoms with Crippen LogP contribution in [-0.4, -0.2) is 43.4 Å². The summed E-state index contributed by atoms with van der Waals surface area (Å²) >= 11 is 0. The maximum atomic E-state index is 13.7. The smallest absolute Gasteiger partial charge is 0.296 e. The van der Waals surface area contributed by atoms with E-state index in [-0.39, 0.29) is 40.6 Å². The van der Waals surface area contributed by atoms with Gasteiger partial charge in [0.25, 0.3) is 5.56 Å². The van der Waals surface area contributed by atoms with Crippen LogP contribution in [0.5, 0.6) is 17.4 Å². The number of aromatic nitrogens is 2. The zero-order valence-corrected chi connectivity index (χ0v) is 22.2. The molecular weight excluding hydrogens is 508 g/mol. The lowest BCUT2D eigenvalue weighted by Crippen LogP contribution is -2.26. The summed E-state index contributed by atoms with van der Waals surface area (Å²) in [5.41, 5.74) is 0.758. The van der Waals surface area contributed by atoms with Crippen molar-refractivity contribution in [1.29, 1.82) is 0 Å². The summed E-state index contributed by atoms with van der Waals surface area (Å²) < 4.78 is 45.1. The summed E-state index contributed by atoms with van der Waals surface area (Å²) in [5, 5.41) is 11.4. The van der Waals surface area contributed by atoms with Crippen LogP contribution in [0.25, 0.3) is 16.8 Å². The van der Waals surface area contributed by atoms with Crippen molar-refractivity contribution < 1.29 is 27.7 Å². The normalized spacial score (nSPS) is 11.5. The minimum Gasteiger partial charge on any atom is -0.494 e. The summed E-state index contributed by atoms with van der Waals surface area (Å²) in [6.45, 7) is 3.40. The van der Waals surface area contributed by atoms with Crippen molar-refractivity contribution in [3.8, 4) is 34.2 Å². The molecule has 0 aliphatic heterocycles. The predicted molar refractivity (Wildman–Crippen MR) is 142 cm³/mol. The molecule has 0 atom stereocenters. The molecule has 0 unspecified atom stereocenters. The minimum atomic E-state index is -4.49. The van der Waals surface area contributed by atoms with Crippen molar-refractivity contribution in [3.63, 3.8) is 0 Å². The fourth-order valence-corrected chi connectivity index (χ4v) is 5.31. The molecule has 0 bridgehead atoms. The number of sulfone groups is 1. The van der Waals surface area contributed by atoms with Crippen molar-refractivity contribution in [1.82, 2.24) is 9.55 Å². The van der Waals surface area contributed by atoms with Crippen LogP contribution in [0.3, 0.4) is 0 Å². The van der Waals surface area contributed by atoms with Gasteiger partial charge in [-0.25, -0.2) is 8.42 Å². The molecule has 0 aliphatic carbocycles. The molecule has 1 aromatic heterocycles.